The van der Waals surface area contributed by atoms with Crippen LogP contribution >= 0.6 is 0 Å². The number of likely N-dealkylation sites (N-methyl/N-ethyl adjacent to an activating group) is 1. The van der Waals surface area contributed by atoms with Crippen molar-refractivity contribution in [2.45, 2.75) is 13.3 Å². The number of nitrogen functional groups attached to an aromatic ring is 1. The molecule has 1 amide bonds. The second-order valence-electron chi connectivity index (χ2n) is 8.94. The maximum Gasteiger partial charge on any atom is 0.246 e. The lowest BCUT2D eigenvalue weighted by Crippen LogP contribution is -2.25. The van der Waals surface area contributed by atoms with Crippen molar-refractivity contribution in [3.8, 4) is 18.1 Å². The van der Waals surface area contributed by atoms with Gasteiger partial charge in [-0.3, -0.25) is 4.79 Å². The molecular formula is C33H36N4O2. The minimum atomic E-state index is -0.119. The molecule has 3 rings (SSSR count). The van der Waals surface area contributed by atoms with Crippen LogP contribution in [0, 0.1) is 17.8 Å². The summed E-state index contributed by atoms with van der Waals surface area (Å²) in [6.07, 6.45) is 10.6. The fraction of sp³-hybridized carbons (Fsp3) is 0.212. The van der Waals surface area contributed by atoms with E-state index in [0.717, 1.165) is 34.4 Å². The highest BCUT2D eigenvalue weighted by Crippen LogP contribution is 2.35. The zero-order valence-corrected chi connectivity index (χ0v) is 22.6. The second-order valence-corrected chi connectivity index (χ2v) is 8.94. The molecule has 200 valence electrons. The van der Waals surface area contributed by atoms with E-state index in [2.05, 4.69) is 42.4 Å². The lowest BCUT2D eigenvalue weighted by Gasteiger charge is -2.18. The number of anilines is 1. The maximum absolute atomic E-state index is 11.8. The van der Waals surface area contributed by atoms with Crippen LogP contribution < -0.4 is 15.8 Å². The quantitative estimate of drug-likeness (QED) is 0.0717. The Bertz CT molecular complexity index is 1350. The Labute approximate surface area is 231 Å². The number of ether oxygens (including phenoxy) is 1. The molecule has 0 radical (unpaired) electrons. The molecule has 0 atom stereocenters. The summed E-state index contributed by atoms with van der Waals surface area (Å²) in [5.41, 5.74) is 12.9. The summed E-state index contributed by atoms with van der Waals surface area (Å²) in [5, 5.41) is 11.0. The van der Waals surface area contributed by atoms with Gasteiger partial charge in [0.1, 0.15) is 12.4 Å². The van der Waals surface area contributed by atoms with Gasteiger partial charge in [0.2, 0.25) is 5.91 Å². The van der Waals surface area contributed by atoms with Gasteiger partial charge in [-0.25, -0.2) is 0 Å². The van der Waals surface area contributed by atoms with Gasteiger partial charge in [0.15, 0.2) is 0 Å². The van der Waals surface area contributed by atoms with Crippen molar-refractivity contribution in [3.63, 3.8) is 0 Å². The van der Waals surface area contributed by atoms with Gasteiger partial charge in [0, 0.05) is 43.7 Å². The van der Waals surface area contributed by atoms with Crippen molar-refractivity contribution in [1.82, 2.24) is 10.2 Å². The summed E-state index contributed by atoms with van der Waals surface area (Å²) in [6.45, 7) is 4.13. The zero-order valence-electron chi connectivity index (χ0n) is 22.6. The number of amides is 1. The van der Waals surface area contributed by atoms with E-state index in [9.17, 15) is 4.79 Å². The first kappa shape index (κ1) is 29.0. The van der Waals surface area contributed by atoms with E-state index in [1.165, 1.54) is 22.8 Å². The third kappa shape index (κ3) is 8.19. The number of hydrogen-bond acceptors (Lipinski definition) is 5. The van der Waals surface area contributed by atoms with Crippen LogP contribution in [0.1, 0.15) is 35.6 Å². The van der Waals surface area contributed by atoms with Crippen LogP contribution in [0.5, 0.6) is 5.75 Å². The molecule has 0 saturated carbocycles. The molecule has 0 saturated heterocycles. The van der Waals surface area contributed by atoms with E-state index >= 15 is 0 Å². The standard InChI is InChI=1S/C33H36N4O2/c1-4-21-37(3)32(38)12-9-19-36-20-22-39-29-16-13-26(14-17-29)33(27-15-18-31(35)28(23-27)24-34)30(5-2)25-10-7-6-8-11-25/h1,6-18,23-24,34,36H,5,19-22,35H2,2-3H3/b12-9+,33-30+,34-24?. The molecule has 0 bridgehead atoms. The number of rotatable bonds is 13. The molecule has 0 heterocycles. The van der Waals surface area contributed by atoms with Crippen molar-refractivity contribution < 1.29 is 9.53 Å². The maximum atomic E-state index is 11.8. The third-order valence-corrected chi connectivity index (χ3v) is 6.23. The van der Waals surface area contributed by atoms with Crippen LogP contribution in [0.2, 0.25) is 0 Å². The Kier molecular flexibility index (Phi) is 11.1. The smallest absolute Gasteiger partial charge is 0.246 e. The van der Waals surface area contributed by atoms with E-state index in [-0.39, 0.29) is 12.5 Å². The van der Waals surface area contributed by atoms with Crippen molar-refractivity contribution >= 4 is 29.0 Å². The van der Waals surface area contributed by atoms with E-state index in [1.807, 2.05) is 48.5 Å². The van der Waals surface area contributed by atoms with Crippen molar-refractivity contribution in [3.05, 3.63) is 107 Å². The number of benzene rings is 3. The molecule has 0 unspecified atom stereocenters. The fourth-order valence-corrected chi connectivity index (χ4v) is 4.18. The normalized spacial score (nSPS) is 11.5. The first-order valence-electron chi connectivity index (χ1n) is 13.0. The molecule has 39 heavy (non-hydrogen) atoms. The highest BCUT2D eigenvalue weighted by molar-refractivity contribution is 6.00. The molecule has 0 aliphatic heterocycles. The van der Waals surface area contributed by atoms with Crippen molar-refractivity contribution in [1.29, 1.82) is 5.41 Å². The second kappa shape index (κ2) is 15.0. The molecule has 4 N–H and O–H groups in total. The van der Waals surface area contributed by atoms with Crippen molar-refractivity contribution in [2.24, 2.45) is 0 Å². The number of nitrogens with one attached hydrogen (secondary N) is 2. The minimum absolute atomic E-state index is 0.119. The molecule has 3 aromatic carbocycles. The SMILES string of the molecule is C#CCN(C)C(=O)/C=C/CNCCOc1ccc(/C(=C(/CC)c2ccccc2)c2ccc(N)c(C=N)c2)cc1. The van der Waals surface area contributed by atoms with Crippen molar-refractivity contribution in [2.75, 3.05) is 39.0 Å². The Balaban J connectivity index is 1.71. The molecule has 0 aliphatic carbocycles. The van der Waals surface area contributed by atoms with Crippen LogP contribution in [0.15, 0.2) is 84.9 Å². The largest absolute Gasteiger partial charge is 0.492 e. The average Bonchev–Trinajstić information content (AvgIpc) is 2.96. The van der Waals surface area contributed by atoms with E-state index in [0.29, 0.717) is 30.9 Å². The predicted molar refractivity (Wildman–Crippen MR) is 162 cm³/mol. The van der Waals surface area contributed by atoms with Crippen LogP contribution in [-0.4, -0.2) is 50.3 Å². The zero-order chi connectivity index (χ0) is 28.0. The van der Waals surface area contributed by atoms with E-state index in [4.69, 9.17) is 22.3 Å². The Hall–Kier alpha value is -4.60. The number of carbonyl (C=O) groups excluding carboxylic acids is 1. The summed E-state index contributed by atoms with van der Waals surface area (Å²) >= 11 is 0. The minimum Gasteiger partial charge on any atom is -0.492 e. The van der Waals surface area contributed by atoms with Crippen LogP contribution in [0.25, 0.3) is 11.1 Å². The van der Waals surface area contributed by atoms with Gasteiger partial charge in [-0.05, 0) is 58.5 Å². The summed E-state index contributed by atoms with van der Waals surface area (Å²) < 4.78 is 5.92. The lowest BCUT2D eigenvalue weighted by molar-refractivity contribution is -0.124. The Morgan fingerprint density at radius 2 is 1.79 bits per heavy atom. The molecule has 3 aromatic rings. The molecule has 6 nitrogen and oxygen atoms in total. The topological polar surface area (TPSA) is 91.4 Å². The van der Waals surface area contributed by atoms with Gasteiger partial charge in [0.25, 0.3) is 0 Å². The van der Waals surface area contributed by atoms with E-state index in [1.54, 1.807) is 13.1 Å². The van der Waals surface area contributed by atoms with Crippen LogP contribution in [-0.2, 0) is 4.79 Å². The van der Waals surface area contributed by atoms with Gasteiger partial charge in [0.05, 0.1) is 6.54 Å². The highest BCUT2D eigenvalue weighted by Gasteiger charge is 2.14. The van der Waals surface area contributed by atoms with Crippen LogP contribution in [0.3, 0.4) is 0 Å². The summed E-state index contributed by atoms with van der Waals surface area (Å²) in [6, 6.07) is 24.3. The Morgan fingerprint density at radius 1 is 1.08 bits per heavy atom. The molecule has 0 aromatic heterocycles. The van der Waals surface area contributed by atoms with Gasteiger partial charge in [-0.2, -0.15) is 0 Å². The highest BCUT2D eigenvalue weighted by atomic mass is 16.5. The first-order valence-corrected chi connectivity index (χ1v) is 13.0. The summed E-state index contributed by atoms with van der Waals surface area (Å²) in [7, 11) is 1.67. The molecule has 0 aliphatic rings. The Morgan fingerprint density at radius 3 is 2.46 bits per heavy atom. The predicted octanol–water partition coefficient (Wildman–Crippen LogP) is 5.25. The molecular weight excluding hydrogens is 484 g/mol. The van der Waals surface area contributed by atoms with Gasteiger partial charge < -0.3 is 26.1 Å². The number of nitrogens with zero attached hydrogens (tertiary/aromatic N) is 1. The van der Waals surface area contributed by atoms with Gasteiger partial charge in [-0.15, -0.1) is 6.42 Å². The number of terminal acetylenes is 1. The number of nitrogens with two attached hydrogens (primary N) is 1. The monoisotopic (exact) mass is 520 g/mol. The fourth-order valence-electron chi connectivity index (χ4n) is 4.18. The lowest BCUT2D eigenvalue weighted by atomic mass is 9.87. The van der Waals surface area contributed by atoms with Crippen LogP contribution in [0.4, 0.5) is 5.69 Å². The first-order chi connectivity index (χ1) is 19.0. The van der Waals surface area contributed by atoms with E-state index < -0.39 is 0 Å². The van der Waals surface area contributed by atoms with Gasteiger partial charge in [-0.1, -0.05) is 67.5 Å². The molecule has 6 heteroatoms. The number of hydrogen-bond donors (Lipinski definition) is 3. The number of carbonyl (C=O) groups is 1. The van der Waals surface area contributed by atoms with Gasteiger partial charge >= 0.3 is 0 Å². The molecule has 0 spiro atoms. The average molecular weight is 521 g/mol. The third-order valence-electron chi connectivity index (χ3n) is 6.23. The molecule has 0 fully saturated rings. The summed E-state index contributed by atoms with van der Waals surface area (Å²) in [5.74, 6) is 3.10. The summed E-state index contributed by atoms with van der Waals surface area (Å²) in [4.78, 5) is 13.3. The number of allylic oxidation sites excluding steroid dienone is 1.